The first kappa shape index (κ1) is 16.3. The number of aromatic nitrogens is 1. The number of nitrogens with zero attached hydrogens (tertiary/aromatic N) is 1. The minimum absolute atomic E-state index is 0.227. The molecule has 1 aromatic heterocycles. The zero-order valence-corrected chi connectivity index (χ0v) is 13.1. The second-order valence-electron chi connectivity index (χ2n) is 5.24. The number of nitrogens with one attached hydrogen (secondary N) is 2. The number of hydrogen-bond acceptors (Lipinski definition) is 3. The lowest BCUT2D eigenvalue weighted by Gasteiger charge is -2.07. The quantitative estimate of drug-likeness (QED) is 0.763. The Balaban J connectivity index is 1.73. The van der Waals surface area contributed by atoms with Gasteiger partial charge in [0.25, 0.3) is 11.8 Å². The van der Waals surface area contributed by atoms with E-state index in [2.05, 4.69) is 15.6 Å². The van der Waals surface area contributed by atoms with Gasteiger partial charge in [0, 0.05) is 23.8 Å². The fourth-order valence-corrected chi connectivity index (χ4v) is 2.15. The van der Waals surface area contributed by atoms with E-state index < -0.39 is 5.91 Å². The van der Waals surface area contributed by atoms with Crippen LogP contribution in [0.3, 0.4) is 0 Å². The van der Waals surface area contributed by atoms with Crippen molar-refractivity contribution in [1.29, 1.82) is 0 Å². The number of amides is 2. The van der Waals surface area contributed by atoms with Gasteiger partial charge < -0.3 is 10.6 Å². The Kier molecular flexibility index (Phi) is 4.80. The van der Waals surface area contributed by atoms with E-state index in [1.165, 1.54) is 42.7 Å². The van der Waals surface area contributed by atoms with Crippen LogP contribution in [0.15, 0.2) is 73.1 Å². The van der Waals surface area contributed by atoms with E-state index in [-0.39, 0.29) is 22.9 Å². The SMILES string of the molecule is O=C(Nc1ccccc1)c1cncc(C(=O)Nc2ccc(F)cc2)c1. The number of anilines is 2. The molecule has 0 radical (unpaired) electrons. The van der Waals surface area contributed by atoms with Gasteiger partial charge in [-0.3, -0.25) is 14.6 Å². The van der Waals surface area contributed by atoms with Gasteiger partial charge in [0.2, 0.25) is 0 Å². The largest absolute Gasteiger partial charge is 0.322 e. The van der Waals surface area contributed by atoms with E-state index in [0.717, 1.165) is 0 Å². The molecule has 124 valence electrons. The molecule has 0 saturated heterocycles. The Labute approximate surface area is 143 Å². The topological polar surface area (TPSA) is 71.1 Å². The molecule has 6 heteroatoms. The molecule has 0 atom stereocenters. The zero-order chi connectivity index (χ0) is 17.6. The van der Waals surface area contributed by atoms with Crippen LogP contribution in [0.25, 0.3) is 0 Å². The van der Waals surface area contributed by atoms with Crippen molar-refractivity contribution in [2.75, 3.05) is 10.6 Å². The van der Waals surface area contributed by atoms with Crippen molar-refractivity contribution >= 4 is 23.2 Å². The zero-order valence-electron chi connectivity index (χ0n) is 13.1. The molecule has 1 heterocycles. The van der Waals surface area contributed by atoms with E-state index in [4.69, 9.17) is 0 Å². The monoisotopic (exact) mass is 335 g/mol. The van der Waals surface area contributed by atoms with Crippen LogP contribution in [0.1, 0.15) is 20.7 Å². The highest BCUT2D eigenvalue weighted by Gasteiger charge is 2.12. The molecule has 3 aromatic rings. The summed E-state index contributed by atoms with van der Waals surface area (Å²) in [4.78, 5) is 28.5. The highest BCUT2D eigenvalue weighted by molar-refractivity contribution is 6.08. The Morgan fingerprint density at radius 1 is 0.760 bits per heavy atom. The minimum atomic E-state index is -0.437. The molecular weight excluding hydrogens is 321 g/mol. The first-order valence-electron chi connectivity index (χ1n) is 7.50. The van der Waals surface area contributed by atoms with Crippen LogP contribution in [0.5, 0.6) is 0 Å². The summed E-state index contributed by atoms with van der Waals surface area (Å²) < 4.78 is 12.9. The fourth-order valence-electron chi connectivity index (χ4n) is 2.15. The van der Waals surface area contributed by atoms with Gasteiger partial charge in [0.05, 0.1) is 11.1 Å². The lowest BCUT2D eigenvalue weighted by Crippen LogP contribution is -2.16. The molecule has 0 unspecified atom stereocenters. The maximum atomic E-state index is 12.9. The molecule has 0 aliphatic carbocycles. The van der Waals surface area contributed by atoms with Crippen molar-refractivity contribution in [3.63, 3.8) is 0 Å². The first-order valence-corrected chi connectivity index (χ1v) is 7.50. The molecule has 0 bridgehead atoms. The van der Waals surface area contributed by atoms with Crippen molar-refractivity contribution in [3.05, 3.63) is 90.0 Å². The summed E-state index contributed by atoms with van der Waals surface area (Å²) in [5.41, 5.74) is 1.58. The summed E-state index contributed by atoms with van der Waals surface area (Å²) in [5, 5.41) is 5.35. The van der Waals surface area contributed by atoms with Crippen LogP contribution in [-0.2, 0) is 0 Å². The van der Waals surface area contributed by atoms with Crippen molar-refractivity contribution in [2.24, 2.45) is 0 Å². The molecule has 2 N–H and O–H groups in total. The molecule has 5 nitrogen and oxygen atoms in total. The Morgan fingerprint density at radius 2 is 1.28 bits per heavy atom. The van der Waals surface area contributed by atoms with Gasteiger partial charge in [-0.05, 0) is 42.5 Å². The number of benzene rings is 2. The molecule has 0 saturated carbocycles. The maximum Gasteiger partial charge on any atom is 0.257 e. The predicted molar refractivity (Wildman–Crippen MR) is 93.0 cm³/mol. The van der Waals surface area contributed by atoms with Gasteiger partial charge in [-0.1, -0.05) is 18.2 Å². The number of para-hydroxylation sites is 1. The summed E-state index contributed by atoms with van der Waals surface area (Å²) >= 11 is 0. The van der Waals surface area contributed by atoms with Gasteiger partial charge in [-0.2, -0.15) is 0 Å². The van der Waals surface area contributed by atoms with Gasteiger partial charge in [0.15, 0.2) is 0 Å². The normalized spacial score (nSPS) is 10.1. The number of carbonyl (C=O) groups is 2. The Morgan fingerprint density at radius 3 is 1.84 bits per heavy atom. The van der Waals surface area contributed by atoms with Gasteiger partial charge in [-0.25, -0.2) is 4.39 Å². The Hall–Kier alpha value is -3.54. The minimum Gasteiger partial charge on any atom is -0.322 e. The second-order valence-corrected chi connectivity index (χ2v) is 5.24. The van der Waals surface area contributed by atoms with Crippen LogP contribution < -0.4 is 10.6 Å². The molecule has 25 heavy (non-hydrogen) atoms. The summed E-state index contributed by atoms with van der Waals surface area (Å²) in [6, 6.07) is 15.8. The lowest BCUT2D eigenvalue weighted by atomic mass is 10.1. The molecule has 3 rings (SSSR count). The van der Waals surface area contributed by atoms with Gasteiger partial charge in [0.1, 0.15) is 5.82 Å². The van der Waals surface area contributed by atoms with Gasteiger partial charge >= 0.3 is 0 Å². The van der Waals surface area contributed by atoms with Crippen LogP contribution in [0.2, 0.25) is 0 Å². The number of pyridine rings is 1. The molecular formula is C19H14FN3O2. The Bertz CT molecular complexity index is 896. The van der Waals surface area contributed by atoms with Crippen LogP contribution in [0.4, 0.5) is 15.8 Å². The summed E-state index contributed by atoms with van der Waals surface area (Å²) in [5.74, 6) is -1.19. The van der Waals surface area contributed by atoms with E-state index in [0.29, 0.717) is 11.4 Å². The lowest BCUT2D eigenvalue weighted by molar-refractivity contribution is 0.102. The average molecular weight is 335 g/mol. The smallest absolute Gasteiger partial charge is 0.257 e. The second kappa shape index (κ2) is 7.35. The van der Waals surface area contributed by atoms with E-state index in [9.17, 15) is 14.0 Å². The number of rotatable bonds is 4. The van der Waals surface area contributed by atoms with Crippen LogP contribution >= 0.6 is 0 Å². The van der Waals surface area contributed by atoms with E-state index in [1.54, 1.807) is 24.3 Å². The van der Waals surface area contributed by atoms with E-state index in [1.807, 2.05) is 6.07 Å². The third-order valence-corrected chi connectivity index (χ3v) is 3.40. The number of halogens is 1. The summed E-state index contributed by atoms with van der Waals surface area (Å²) in [6.07, 6.45) is 2.74. The fraction of sp³-hybridized carbons (Fsp3) is 0. The van der Waals surface area contributed by atoms with Crippen molar-refractivity contribution in [1.82, 2.24) is 4.98 Å². The standard InChI is InChI=1S/C19H14FN3O2/c20-15-6-8-17(9-7-15)23-19(25)14-10-13(11-21-12-14)18(24)22-16-4-2-1-3-5-16/h1-12H,(H,22,24)(H,23,25). The third-order valence-electron chi connectivity index (χ3n) is 3.40. The molecule has 2 aromatic carbocycles. The van der Waals surface area contributed by atoms with Gasteiger partial charge in [-0.15, -0.1) is 0 Å². The van der Waals surface area contributed by atoms with E-state index >= 15 is 0 Å². The maximum absolute atomic E-state index is 12.9. The van der Waals surface area contributed by atoms with Crippen molar-refractivity contribution in [2.45, 2.75) is 0 Å². The van der Waals surface area contributed by atoms with Crippen LogP contribution in [0, 0.1) is 5.82 Å². The van der Waals surface area contributed by atoms with Crippen LogP contribution in [-0.4, -0.2) is 16.8 Å². The summed E-state index contributed by atoms with van der Waals surface area (Å²) in [7, 11) is 0. The van der Waals surface area contributed by atoms with Crippen molar-refractivity contribution in [3.8, 4) is 0 Å². The predicted octanol–water partition coefficient (Wildman–Crippen LogP) is 3.73. The molecule has 0 spiro atoms. The average Bonchev–Trinajstić information content (AvgIpc) is 2.64. The van der Waals surface area contributed by atoms with Crippen molar-refractivity contribution < 1.29 is 14.0 Å². The molecule has 0 aliphatic rings. The molecule has 0 fully saturated rings. The third kappa shape index (κ3) is 4.26. The highest BCUT2D eigenvalue weighted by Crippen LogP contribution is 2.12. The highest BCUT2D eigenvalue weighted by atomic mass is 19.1. The molecule has 0 aliphatic heterocycles. The number of carbonyl (C=O) groups excluding carboxylic acids is 2. The molecule has 2 amide bonds. The number of hydrogen-bond donors (Lipinski definition) is 2. The first-order chi connectivity index (χ1) is 12.1. The summed E-state index contributed by atoms with van der Waals surface area (Å²) in [6.45, 7) is 0.